The minimum atomic E-state index is -0.127. The van der Waals surface area contributed by atoms with Gasteiger partial charge in [-0.15, -0.1) is 0 Å². The molecule has 0 heterocycles. The summed E-state index contributed by atoms with van der Waals surface area (Å²) in [5.41, 5.74) is 14.2. The van der Waals surface area contributed by atoms with Crippen LogP contribution in [0.2, 0.25) is 0 Å². The van der Waals surface area contributed by atoms with Crippen molar-refractivity contribution in [2.75, 3.05) is 6.54 Å². The lowest BCUT2D eigenvalue weighted by Crippen LogP contribution is -2.22. The smallest absolute Gasteiger partial charge is 0.0991 e. The van der Waals surface area contributed by atoms with Gasteiger partial charge in [-0.3, -0.25) is 0 Å². The zero-order chi connectivity index (χ0) is 10.6. The van der Waals surface area contributed by atoms with E-state index in [1.165, 1.54) is 0 Å². The van der Waals surface area contributed by atoms with Crippen LogP contribution in [-0.4, -0.2) is 6.54 Å². The van der Waals surface area contributed by atoms with Gasteiger partial charge in [0.2, 0.25) is 0 Å². The van der Waals surface area contributed by atoms with Crippen molar-refractivity contribution in [3.63, 3.8) is 0 Å². The van der Waals surface area contributed by atoms with Gasteiger partial charge in [0.05, 0.1) is 11.6 Å². The first-order chi connectivity index (χ1) is 6.72. The molecule has 1 aromatic carbocycles. The van der Waals surface area contributed by atoms with Crippen LogP contribution in [0.15, 0.2) is 18.2 Å². The molecule has 0 saturated heterocycles. The van der Waals surface area contributed by atoms with Crippen molar-refractivity contribution >= 4 is 0 Å². The molecular formula is C11H15N3. The van der Waals surface area contributed by atoms with Gasteiger partial charge < -0.3 is 11.5 Å². The highest BCUT2D eigenvalue weighted by atomic mass is 14.7. The maximum atomic E-state index is 8.74. The molecule has 0 aliphatic carbocycles. The van der Waals surface area contributed by atoms with Crippen molar-refractivity contribution in [3.05, 3.63) is 34.9 Å². The minimum absolute atomic E-state index is 0.127. The fourth-order valence-corrected chi connectivity index (χ4v) is 1.47. The molecule has 0 saturated carbocycles. The minimum Gasteiger partial charge on any atom is -0.329 e. The molecule has 0 aliphatic rings. The van der Waals surface area contributed by atoms with E-state index in [1.807, 2.05) is 19.1 Å². The average Bonchev–Trinajstić information content (AvgIpc) is 2.27. The van der Waals surface area contributed by atoms with Crippen molar-refractivity contribution in [1.29, 1.82) is 5.26 Å². The van der Waals surface area contributed by atoms with Crippen LogP contribution < -0.4 is 11.5 Å². The summed E-state index contributed by atoms with van der Waals surface area (Å²) < 4.78 is 0. The van der Waals surface area contributed by atoms with Crippen LogP contribution >= 0.6 is 0 Å². The molecule has 0 spiro atoms. The van der Waals surface area contributed by atoms with E-state index in [4.69, 9.17) is 16.7 Å². The van der Waals surface area contributed by atoms with E-state index in [0.717, 1.165) is 17.5 Å². The lowest BCUT2D eigenvalue weighted by molar-refractivity contribution is 0.726. The number of hydrogen-bond donors (Lipinski definition) is 2. The van der Waals surface area contributed by atoms with E-state index in [0.29, 0.717) is 12.1 Å². The van der Waals surface area contributed by atoms with E-state index in [2.05, 4.69) is 6.07 Å². The standard InChI is InChI=1S/C11H15N3/c1-2-9-5-8(6-12)3-4-10(9)11(14)7-13/h3-5,11H,2,7,13-14H2,1H3/t11-/m1/s1. The van der Waals surface area contributed by atoms with Crippen molar-refractivity contribution in [1.82, 2.24) is 0 Å². The fraction of sp³-hybridized carbons (Fsp3) is 0.364. The second-order valence-electron chi connectivity index (χ2n) is 3.22. The normalized spacial score (nSPS) is 12.1. The Morgan fingerprint density at radius 2 is 2.21 bits per heavy atom. The number of nitriles is 1. The summed E-state index contributed by atoms with van der Waals surface area (Å²) in [6.07, 6.45) is 0.874. The van der Waals surface area contributed by atoms with Gasteiger partial charge in [-0.2, -0.15) is 5.26 Å². The fourth-order valence-electron chi connectivity index (χ4n) is 1.47. The van der Waals surface area contributed by atoms with Gasteiger partial charge in [0.15, 0.2) is 0 Å². The van der Waals surface area contributed by atoms with Crippen molar-refractivity contribution in [2.45, 2.75) is 19.4 Å². The number of aryl methyl sites for hydroxylation is 1. The SMILES string of the molecule is CCc1cc(C#N)ccc1[C@H](N)CN. The number of benzene rings is 1. The molecule has 3 nitrogen and oxygen atoms in total. The van der Waals surface area contributed by atoms with E-state index >= 15 is 0 Å². The maximum absolute atomic E-state index is 8.74. The Hall–Kier alpha value is -1.37. The highest BCUT2D eigenvalue weighted by Gasteiger charge is 2.08. The van der Waals surface area contributed by atoms with E-state index in [1.54, 1.807) is 6.07 Å². The van der Waals surface area contributed by atoms with Gasteiger partial charge in [0.25, 0.3) is 0 Å². The molecule has 1 aromatic rings. The first kappa shape index (κ1) is 10.7. The molecule has 0 unspecified atom stereocenters. The molecule has 74 valence electrons. The van der Waals surface area contributed by atoms with E-state index in [9.17, 15) is 0 Å². The van der Waals surface area contributed by atoms with Crippen LogP contribution in [0, 0.1) is 11.3 Å². The van der Waals surface area contributed by atoms with Crippen LogP contribution in [0.4, 0.5) is 0 Å². The Bertz CT molecular complexity index is 352. The van der Waals surface area contributed by atoms with E-state index < -0.39 is 0 Å². The first-order valence-electron chi connectivity index (χ1n) is 4.71. The molecule has 1 rings (SSSR count). The molecule has 0 aromatic heterocycles. The molecule has 0 aliphatic heterocycles. The summed E-state index contributed by atoms with van der Waals surface area (Å²) in [5.74, 6) is 0. The average molecular weight is 189 g/mol. The first-order valence-corrected chi connectivity index (χ1v) is 4.71. The van der Waals surface area contributed by atoms with Gasteiger partial charge in [-0.1, -0.05) is 13.0 Å². The van der Waals surface area contributed by atoms with Crippen LogP contribution in [0.5, 0.6) is 0 Å². The third-order valence-electron chi connectivity index (χ3n) is 2.31. The molecule has 1 atom stereocenters. The van der Waals surface area contributed by atoms with Gasteiger partial charge in [-0.25, -0.2) is 0 Å². The lowest BCUT2D eigenvalue weighted by atomic mass is 9.97. The largest absolute Gasteiger partial charge is 0.329 e. The molecule has 0 fully saturated rings. The molecule has 3 heteroatoms. The Labute approximate surface area is 84.3 Å². The Balaban J connectivity index is 3.13. The quantitative estimate of drug-likeness (QED) is 0.747. The molecule has 0 amide bonds. The molecule has 0 bridgehead atoms. The predicted octanol–water partition coefficient (Wildman–Crippen LogP) is 1.08. The van der Waals surface area contributed by atoms with Gasteiger partial charge in [-0.05, 0) is 29.7 Å². The lowest BCUT2D eigenvalue weighted by Gasteiger charge is -2.13. The number of hydrogen-bond acceptors (Lipinski definition) is 3. The summed E-state index contributed by atoms with van der Waals surface area (Å²) in [4.78, 5) is 0. The van der Waals surface area contributed by atoms with Crippen molar-refractivity contribution in [2.24, 2.45) is 11.5 Å². The van der Waals surface area contributed by atoms with Gasteiger partial charge in [0, 0.05) is 12.6 Å². The summed E-state index contributed by atoms with van der Waals surface area (Å²) in [6, 6.07) is 7.55. The number of rotatable bonds is 3. The van der Waals surface area contributed by atoms with Gasteiger partial charge >= 0.3 is 0 Å². The van der Waals surface area contributed by atoms with Crippen LogP contribution in [0.3, 0.4) is 0 Å². The summed E-state index contributed by atoms with van der Waals surface area (Å²) >= 11 is 0. The Morgan fingerprint density at radius 3 is 2.71 bits per heavy atom. The zero-order valence-corrected chi connectivity index (χ0v) is 8.33. The zero-order valence-electron chi connectivity index (χ0n) is 8.33. The molecule has 0 radical (unpaired) electrons. The summed E-state index contributed by atoms with van der Waals surface area (Å²) in [5, 5.41) is 8.74. The van der Waals surface area contributed by atoms with Gasteiger partial charge in [0.1, 0.15) is 0 Å². The molecule has 14 heavy (non-hydrogen) atoms. The highest BCUT2D eigenvalue weighted by molar-refractivity contribution is 5.39. The summed E-state index contributed by atoms with van der Waals surface area (Å²) in [6.45, 7) is 2.47. The topological polar surface area (TPSA) is 75.8 Å². The van der Waals surface area contributed by atoms with Crippen LogP contribution in [0.1, 0.15) is 29.7 Å². The van der Waals surface area contributed by atoms with Crippen LogP contribution in [-0.2, 0) is 6.42 Å². The molecular weight excluding hydrogens is 174 g/mol. The van der Waals surface area contributed by atoms with Crippen molar-refractivity contribution < 1.29 is 0 Å². The maximum Gasteiger partial charge on any atom is 0.0991 e. The summed E-state index contributed by atoms with van der Waals surface area (Å²) in [7, 11) is 0. The predicted molar refractivity (Wildman–Crippen MR) is 56.5 cm³/mol. The molecule has 4 N–H and O–H groups in total. The second-order valence-corrected chi connectivity index (χ2v) is 3.22. The highest BCUT2D eigenvalue weighted by Crippen LogP contribution is 2.17. The number of nitrogens with two attached hydrogens (primary N) is 2. The monoisotopic (exact) mass is 189 g/mol. The Kier molecular flexibility index (Phi) is 3.63. The third-order valence-corrected chi connectivity index (χ3v) is 2.31. The Morgan fingerprint density at radius 1 is 1.50 bits per heavy atom. The van der Waals surface area contributed by atoms with E-state index in [-0.39, 0.29) is 6.04 Å². The van der Waals surface area contributed by atoms with Crippen LogP contribution in [0.25, 0.3) is 0 Å². The number of nitrogens with zero attached hydrogens (tertiary/aromatic N) is 1. The second kappa shape index (κ2) is 4.75. The van der Waals surface area contributed by atoms with Crippen molar-refractivity contribution in [3.8, 4) is 6.07 Å². The third kappa shape index (κ3) is 2.11.